The van der Waals surface area contributed by atoms with Gasteiger partial charge in [-0.25, -0.2) is 0 Å². The van der Waals surface area contributed by atoms with E-state index in [-0.39, 0.29) is 17.1 Å². The molecule has 1 radical (unpaired) electrons. The molecular formula is C10H14MnO. The zero-order chi connectivity index (χ0) is 7.94. The Kier molecular flexibility index (Phi) is 7.17. The Morgan fingerprint density at radius 1 is 1.17 bits per heavy atom. The van der Waals surface area contributed by atoms with Gasteiger partial charge in [-0.2, -0.15) is 0 Å². The van der Waals surface area contributed by atoms with Crippen LogP contribution in [-0.4, -0.2) is 13.7 Å². The first kappa shape index (κ1) is 11.7. The Bertz CT molecular complexity index is 186. The quantitative estimate of drug-likeness (QED) is 0.541. The van der Waals surface area contributed by atoms with Gasteiger partial charge >= 0.3 is 0 Å². The van der Waals surface area contributed by atoms with Crippen molar-refractivity contribution in [1.29, 1.82) is 0 Å². The zero-order valence-corrected chi connectivity index (χ0v) is 8.47. The van der Waals surface area contributed by atoms with Gasteiger partial charge in [0.2, 0.25) is 0 Å². The molecule has 0 atom stereocenters. The minimum Gasteiger partial charge on any atom is -0.385 e. The third kappa shape index (κ3) is 4.55. The summed E-state index contributed by atoms with van der Waals surface area (Å²) in [6, 6.07) is 10.5. The predicted molar refractivity (Wildman–Crippen MR) is 46.6 cm³/mol. The first-order valence-corrected chi connectivity index (χ1v) is 3.96. The second-order valence-corrected chi connectivity index (χ2v) is 2.58. The average Bonchev–Trinajstić information content (AvgIpc) is 2.07. The van der Waals surface area contributed by atoms with Crippen LogP contribution in [0.4, 0.5) is 0 Å². The van der Waals surface area contributed by atoms with Crippen molar-refractivity contribution in [2.24, 2.45) is 0 Å². The molecule has 0 bridgehead atoms. The van der Waals surface area contributed by atoms with Crippen LogP contribution in [0.5, 0.6) is 0 Å². The van der Waals surface area contributed by atoms with Crippen molar-refractivity contribution in [2.45, 2.75) is 12.8 Å². The van der Waals surface area contributed by atoms with Crippen LogP contribution in [0.3, 0.4) is 0 Å². The molecule has 1 rings (SSSR count). The summed E-state index contributed by atoms with van der Waals surface area (Å²) in [6.45, 7) is 0.856. The zero-order valence-electron chi connectivity index (χ0n) is 7.29. The Hall–Kier alpha value is -0.301. The third-order valence-corrected chi connectivity index (χ3v) is 1.66. The van der Waals surface area contributed by atoms with Crippen molar-refractivity contribution < 1.29 is 21.8 Å². The summed E-state index contributed by atoms with van der Waals surface area (Å²) in [5.41, 5.74) is 1.39. The molecule has 0 aliphatic rings. The summed E-state index contributed by atoms with van der Waals surface area (Å²) in [6.07, 6.45) is 2.23. The van der Waals surface area contributed by atoms with Crippen molar-refractivity contribution in [1.82, 2.24) is 0 Å². The van der Waals surface area contributed by atoms with Gasteiger partial charge in [-0.15, -0.1) is 0 Å². The maximum absolute atomic E-state index is 4.96. The van der Waals surface area contributed by atoms with Crippen LogP contribution < -0.4 is 0 Å². The number of hydrogen-bond donors (Lipinski definition) is 0. The van der Waals surface area contributed by atoms with Gasteiger partial charge in [-0.05, 0) is 18.4 Å². The first-order valence-electron chi connectivity index (χ1n) is 3.96. The van der Waals surface area contributed by atoms with E-state index >= 15 is 0 Å². The van der Waals surface area contributed by atoms with Gasteiger partial charge in [0.05, 0.1) is 0 Å². The largest absolute Gasteiger partial charge is 0.385 e. The summed E-state index contributed by atoms with van der Waals surface area (Å²) < 4.78 is 4.96. The van der Waals surface area contributed by atoms with Gasteiger partial charge in [0.1, 0.15) is 0 Å². The molecule has 12 heavy (non-hydrogen) atoms. The van der Waals surface area contributed by atoms with Gasteiger partial charge in [0, 0.05) is 30.8 Å². The Balaban J connectivity index is 0.00000121. The maximum Gasteiger partial charge on any atom is 0.0465 e. The fraction of sp³-hybridized carbons (Fsp3) is 0.400. The molecule has 0 aliphatic carbocycles. The molecule has 2 heteroatoms. The summed E-state index contributed by atoms with van der Waals surface area (Å²) >= 11 is 0. The number of hydrogen-bond acceptors (Lipinski definition) is 1. The van der Waals surface area contributed by atoms with E-state index in [1.807, 2.05) is 6.07 Å². The van der Waals surface area contributed by atoms with E-state index in [1.165, 1.54) is 5.56 Å². The number of methoxy groups -OCH3 is 1. The Morgan fingerprint density at radius 2 is 1.83 bits per heavy atom. The molecule has 0 spiro atoms. The molecule has 0 unspecified atom stereocenters. The standard InChI is InChI=1S/C10H14O.Mn/c1-11-9-5-8-10-6-3-2-4-7-10;/h2-4,6-7H,5,8-9H2,1H3;. The van der Waals surface area contributed by atoms with Crippen molar-refractivity contribution >= 4 is 0 Å². The van der Waals surface area contributed by atoms with Gasteiger partial charge < -0.3 is 4.74 Å². The number of rotatable bonds is 4. The molecule has 0 saturated heterocycles. The molecule has 67 valence electrons. The molecule has 1 nitrogen and oxygen atoms in total. The van der Waals surface area contributed by atoms with E-state index in [0.29, 0.717) is 0 Å². The van der Waals surface area contributed by atoms with Crippen LogP contribution in [-0.2, 0) is 28.2 Å². The SMILES string of the molecule is COCCCc1ccccc1.[Mn]. The summed E-state index contributed by atoms with van der Waals surface area (Å²) in [4.78, 5) is 0. The molecule has 0 amide bonds. The van der Waals surface area contributed by atoms with Gasteiger partial charge in [0.25, 0.3) is 0 Å². The summed E-state index contributed by atoms with van der Waals surface area (Å²) in [7, 11) is 1.74. The maximum atomic E-state index is 4.96. The molecule has 0 N–H and O–H groups in total. The van der Waals surface area contributed by atoms with Gasteiger partial charge in [-0.3, -0.25) is 0 Å². The molecule has 0 aromatic heterocycles. The fourth-order valence-electron chi connectivity index (χ4n) is 1.07. The predicted octanol–water partition coefficient (Wildman–Crippen LogP) is 2.26. The second kappa shape index (κ2) is 7.35. The average molecular weight is 205 g/mol. The van der Waals surface area contributed by atoms with Gasteiger partial charge in [0.15, 0.2) is 0 Å². The normalized spacial score (nSPS) is 9.08. The van der Waals surface area contributed by atoms with Crippen LogP contribution in [0.1, 0.15) is 12.0 Å². The van der Waals surface area contributed by atoms with Crippen LogP contribution >= 0.6 is 0 Å². The molecule has 0 fully saturated rings. The van der Waals surface area contributed by atoms with Crippen LogP contribution in [0.25, 0.3) is 0 Å². The number of aryl methyl sites for hydroxylation is 1. The number of ether oxygens (including phenoxy) is 1. The summed E-state index contributed by atoms with van der Waals surface area (Å²) in [5, 5.41) is 0. The van der Waals surface area contributed by atoms with E-state index in [4.69, 9.17) is 4.74 Å². The van der Waals surface area contributed by atoms with E-state index < -0.39 is 0 Å². The van der Waals surface area contributed by atoms with E-state index in [1.54, 1.807) is 7.11 Å². The molecular weight excluding hydrogens is 191 g/mol. The Morgan fingerprint density at radius 3 is 2.42 bits per heavy atom. The van der Waals surface area contributed by atoms with E-state index in [0.717, 1.165) is 19.4 Å². The molecule has 1 aromatic carbocycles. The molecule has 1 aromatic rings. The molecule has 0 heterocycles. The van der Waals surface area contributed by atoms with Crippen molar-refractivity contribution in [3.63, 3.8) is 0 Å². The van der Waals surface area contributed by atoms with Gasteiger partial charge in [-0.1, -0.05) is 30.3 Å². The van der Waals surface area contributed by atoms with Crippen LogP contribution in [0, 0.1) is 0 Å². The number of benzene rings is 1. The van der Waals surface area contributed by atoms with Crippen molar-refractivity contribution in [3.05, 3.63) is 35.9 Å². The second-order valence-electron chi connectivity index (χ2n) is 2.58. The fourth-order valence-corrected chi connectivity index (χ4v) is 1.07. The third-order valence-electron chi connectivity index (χ3n) is 1.66. The van der Waals surface area contributed by atoms with Crippen molar-refractivity contribution in [3.8, 4) is 0 Å². The Labute approximate surface area is 84.6 Å². The first-order chi connectivity index (χ1) is 5.43. The van der Waals surface area contributed by atoms with Crippen molar-refractivity contribution in [2.75, 3.05) is 13.7 Å². The molecule has 0 aliphatic heterocycles. The van der Waals surface area contributed by atoms with Crippen LogP contribution in [0.15, 0.2) is 30.3 Å². The topological polar surface area (TPSA) is 9.23 Å². The minimum absolute atomic E-state index is 0. The summed E-state index contributed by atoms with van der Waals surface area (Å²) in [5.74, 6) is 0. The van der Waals surface area contributed by atoms with Crippen LogP contribution in [0.2, 0.25) is 0 Å². The van der Waals surface area contributed by atoms with E-state index in [2.05, 4.69) is 24.3 Å². The van der Waals surface area contributed by atoms with E-state index in [9.17, 15) is 0 Å². The minimum atomic E-state index is 0. The smallest absolute Gasteiger partial charge is 0.0465 e. The molecule has 0 saturated carbocycles. The monoisotopic (exact) mass is 205 g/mol.